The largest absolute Gasteiger partial charge is 0.457 e. The van der Waals surface area contributed by atoms with E-state index >= 15 is 0 Å². The van der Waals surface area contributed by atoms with Crippen molar-refractivity contribution >= 4 is 29.3 Å². The van der Waals surface area contributed by atoms with Crippen molar-refractivity contribution < 1.29 is 19.2 Å². The number of nitro benzene ring substituents is 1. The fourth-order valence-electron chi connectivity index (χ4n) is 2.02. The summed E-state index contributed by atoms with van der Waals surface area (Å²) in [5.41, 5.74) is -0.383. The molecule has 0 fully saturated rings. The molecular formula is C19H13ClN2O5. The Morgan fingerprint density at radius 3 is 2.67 bits per heavy atom. The van der Waals surface area contributed by atoms with Crippen molar-refractivity contribution in [1.82, 2.24) is 0 Å². The molecule has 0 bridgehead atoms. The number of halogens is 1. The van der Waals surface area contributed by atoms with E-state index in [-0.39, 0.29) is 34.9 Å². The van der Waals surface area contributed by atoms with Crippen LogP contribution >= 0.6 is 11.6 Å². The summed E-state index contributed by atoms with van der Waals surface area (Å²) in [5, 5.41) is 20.8. The van der Waals surface area contributed by atoms with Crippen molar-refractivity contribution in [2.75, 3.05) is 6.61 Å². The third kappa shape index (κ3) is 5.17. The standard InChI is InChI=1S/C19H13ClN2O5/c1-2-9-26-19(23)14(12-21)10-13-7-8-18(16(11-13)22(24)25)27-17-6-4-3-5-15(17)20/h2-8,10-11H,1,9H2/b14-10+. The van der Waals surface area contributed by atoms with E-state index in [0.29, 0.717) is 5.02 Å². The van der Waals surface area contributed by atoms with Gasteiger partial charge in [0.15, 0.2) is 0 Å². The number of hydrogen-bond acceptors (Lipinski definition) is 6. The number of nitrogens with zero attached hydrogens (tertiary/aromatic N) is 2. The minimum atomic E-state index is -0.851. The molecule has 2 rings (SSSR count). The second kappa shape index (κ2) is 9.17. The topological polar surface area (TPSA) is 102 Å². The fourth-order valence-corrected chi connectivity index (χ4v) is 2.19. The molecule has 8 heteroatoms. The Kier molecular flexibility index (Phi) is 6.69. The van der Waals surface area contributed by atoms with Crippen molar-refractivity contribution in [3.63, 3.8) is 0 Å². The first-order chi connectivity index (χ1) is 13.0. The minimum Gasteiger partial charge on any atom is -0.457 e. The van der Waals surface area contributed by atoms with Crippen LogP contribution in [-0.2, 0) is 9.53 Å². The molecule has 0 saturated heterocycles. The Bertz CT molecular complexity index is 963. The molecule has 0 spiro atoms. The van der Waals surface area contributed by atoms with E-state index in [9.17, 15) is 14.9 Å². The highest BCUT2D eigenvalue weighted by Gasteiger charge is 2.18. The zero-order valence-electron chi connectivity index (χ0n) is 13.9. The predicted octanol–water partition coefficient (Wildman–Crippen LogP) is 4.68. The van der Waals surface area contributed by atoms with Crippen molar-refractivity contribution in [1.29, 1.82) is 5.26 Å². The van der Waals surface area contributed by atoms with Crippen LogP contribution in [0.15, 0.2) is 60.7 Å². The number of para-hydroxylation sites is 1. The summed E-state index contributed by atoms with van der Waals surface area (Å²) < 4.78 is 10.3. The van der Waals surface area contributed by atoms with Crippen molar-refractivity contribution in [3.8, 4) is 17.6 Å². The molecule has 0 aliphatic heterocycles. The molecule has 0 aliphatic rings. The van der Waals surface area contributed by atoms with Gasteiger partial charge >= 0.3 is 11.7 Å². The Labute approximate surface area is 159 Å². The molecule has 0 unspecified atom stereocenters. The highest BCUT2D eigenvalue weighted by molar-refractivity contribution is 6.32. The molecular weight excluding hydrogens is 372 g/mol. The molecule has 0 radical (unpaired) electrons. The lowest BCUT2D eigenvalue weighted by molar-refractivity contribution is -0.385. The van der Waals surface area contributed by atoms with Gasteiger partial charge in [0.05, 0.1) is 9.95 Å². The number of nitriles is 1. The molecule has 0 atom stereocenters. The average Bonchev–Trinajstić information content (AvgIpc) is 2.66. The Hall–Kier alpha value is -3.63. The summed E-state index contributed by atoms with van der Waals surface area (Å²) >= 11 is 6.00. The molecule has 0 heterocycles. The van der Waals surface area contributed by atoms with Crippen LogP contribution in [0.25, 0.3) is 6.08 Å². The van der Waals surface area contributed by atoms with Gasteiger partial charge in [-0.2, -0.15) is 5.26 Å². The summed E-state index contributed by atoms with van der Waals surface area (Å²) in [7, 11) is 0. The summed E-state index contributed by atoms with van der Waals surface area (Å²) in [5.74, 6) is -0.620. The second-order valence-corrected chi connectivity index (χ2v) is 5.48. The van der Waals surface area contributed by atoms with Gasteiger partial charge in [-0.05, 0) is 29.8 Å². The predicted molar refractivity (Wildman–Crippen MR) is 99.4 cm³/mol. The van der Waals surface area contributed by atoms with E-state index in [1.54, 1.807) is 30.3 Å². The van der Waals surface area contributed by atoms with Gasteiger partial charge in [-0.15, -0.1) is 0 Å². The smallest absolute Gasteiger partial charge is 0.349 e. The van der Waals surface area contributed by atoms with E-state index < -0.39 is 10.9 Å². The molecule has 2 aromatic carbocycles. The van der Waals surface area contributed by atoms with Gasteiger partial charge in [0.25, 0.3) is 0 Å². The number of ether oxygens (including phenoxy) is 2. The molecule has 0 aromatic heterocycles. The fraction of sp³-hybridized carbons (Fsp3) is 0.0526. The monoisotopic (exact) mass is 384 g/mol. The SMILES string of the molecule is C=CCOC(=O)/C(C#N)=C/c1ccc(Oc2ccccc2Cl)c([N+](=O)[O-])c1. The van der Waals surface area contributed by atoms with Gasteiger partial charge in [-0.1, -0.05) is 42.5 Å². The van der Waals surface area contributed by atoms with E-state index in [1.165, 1.54) is 30.4 Å². The molecule has 0 aliphatic carbocycles. The summed E-state index contributed by atoms with van der Waals surface area (Å²) in [4.78, 5) is 22.5. The Balaban J connectivity index is 2.37. The summed E-state index contributed by atoms with van der Waals surface area (Å²) in [6, 6.07) is 12.3. The normalized spacial score (nSPS) is 10.6. The second-order valence-electron chi connectivity index (χ2n) is 5.07. The van der Waals surface area contributed by atoms with Crippen LogP contribution in [0.1, 0.15) is 5.56 Å². The molecule has 0 amide bonds. The van der Waals surface area contributed by atoms with Gasteiger partial charge in [0, 0.05) is 6.07 Å². The van der Waals surface area contributed by atoms with Crippen LogP contribution in [0.4, 0.5) is 5.69 Å². The number of benzene rings is 2. The Morgan fingerprint density at radius 1 is 1.30 bits per heavy atom. The van der Waals surface area contributed by atoms with Crippen molar-refractivity contribution in [3.05, 3.63) is 81.4 Å². The molecule has 2 aromatic rings. The van der Waals surface area contributed by atoms with Crippen LogP contribution in [-0.4, -0.2) is 17.5 Å². The van der Waals surface area contributed by atoms with Crippen LogP contribution in [0.2, 0.25) is 5.02 Å². The third-order valence-corrected chi connectivity index (χ3v) is 3.53. The lowest BCUT2D eigenvalue weighted by atomic mass is 10.1. The number of esters is 1. The quantitative estimate of drug-likeness (QED) is 0.171. The lowest BCUT2D eigenvalue weighted by Gasteiger charge is -2.08. The number of rotatable bonds is 7. The summed E-state index contributed by atoms with van der Waals surface area (Å²) in [6.07, 6.45) is 2.55. The first kappa shape index (κ1) is 19.7. The highest BCUT2D eigenvalue weighted by Crippen LogP contribution is 2.35. The average molecular weight is 385 g/mol. The van der Waals surface area contributed by atoms with Gasteiger partial charge in [-0.25, -0.2) is 4.79 Å². The zero-order chi connectivity index (χ0) is 19.8. The number of carbonyl (C=O) groups is 1. The maximum atomic E-state index is 11.8. The first-order valence-electron chi connectivity index (χ1n) is 7.57. The van der Waals surface area contributed by atoms with Gasteiger partial charge < -0.3 is 9.47 Å². The number of hydrogen-bond donors (Lipinski definition) is 0. The van der Waals surface area contributed by atoms with E-state index in [1.807, 2.05) is 0 Å². The van der Waals surface area contributed by atoms with E-state index in [2.05, 4.69) is 6.58 Å². The number of nitro groups is 1. The van der Waals surface area contributed by atoms with E-state index in [0.717, 1.165) is 0 Å². The zero-order valence-corrected chi connectivity index (χ0v) is 14.7. The van der Waals surface area contributed by atoms with Crippen LogP contribution in [0.3, 0.4) is 0 Å². The first-order valence-corrected chi connectivity index (χ1v) is 7.94. The molecule has 0 saturated carbocycles. The van der Waals surface area contributed by atoms with Crippen LogP contribution in [0.5, 0.6) is 11.5 Å². The highest BCUT2D eigenvalue weighted by atomic mass is 35.5. The maximum Gasteiger partial charge on any atom is 0.349 e. The molecule has 27 heavy (non-hydrogen) atoms. The third-order valence-electron chi connectivity index (χ3n) is 3.22. The summed E-state index contributed by atoms with van der Waals surface area (Å²) in [6.45, 7) is 3.35. The van der Waals surface area contributed by atoms with Gasteiger partial charge in [0.2, 0.25) is 5.75 Å². The Morgan fingerprint density at radius 2 is 2.04 bits per heavy atom. The maximum absolute atomic E-state index is 11.8. The van der Waals surface area contributed by atoms with E-state index in [4.69, 9.17) is 26.3 Å². The van der Waals surface area contributed by atoms with Crippen LogP contribution in [0, 0.1) is 21.4 Å². The minimum absolute atomic E-state index is 0.0296. The molecule has 136 valence electrons. The molecule has 7 nitrogen and oxygen atoms in total. The van der Waals surface area contributed by atoms with Crippen molar-refractivity contribution in [2.24, 2.45) is 0 Å². The molecule has 0 N–H and O–H groups in total. The van der Waals surface area contributed by atoms with Crippen molar-refractivity contribution in [2.45, 2.75) is 0 Å². The van der Waals surface area contributed by atoms with Gasteiger partial charge in [0.1, 0.15) is 24.0 Å². The number of carbonyl (C=O) groups excluding carboxylic acids is 1. The van der Waals surface area contributed by atoms with Gasteiger partial charge in [-0.3, -0.25) is 10.1 Å². The van der Waals surface area contributed by atoms with Crippen LogP contribution < -0.4 is 4.74 Å². The lowest BCUT2D eigenvalue weighted by Crippen LogP contribution is -2.06.